The number of anilines is 2. The SMILES string of the molecule is COc1ccc(Nc2ccnc3c(F)cccc23)c(OC)c1. The number of nitrogens with zero attached hydrogens (tertiary/aromatic N) is 1. The van der Waals surface area contributed by atoms with E-state index in [-0.39, 0.29) is 5.82 Å². The third kappa shape index (κ3) is 2.53. The number of methoxy groups -OCH3 is 2. The van der Waals surface area contributed by atoms with Crippen LogP contribution in [0.1, 0.15) is 0 Å². The molecule has 0 saturated carbocycles. The van der Waals surface area contributed by atoms with Crippen LogP contribution in [0.3, 0.4) is 0 Å². The Labute approximate surface area is 127 Å². The zero-order valence-corrected chi connectivity index (χ0v) is 12.3. The number of rotatable bonds is 4. The summed E-state index contributed by atoms with van der Waals surface area (Å²) in [6.45, 7) is 0. The van der Waals surface area contributed by atoms with Gasteiger partial charge in [-0.25, -0.2) is 4.39 Å². The summed E-state index contributed by atoms with van der Waals surface area (Å²) in [5, 5.41) is 3.97. The van der Waals surface area contributed by atoms with Crippen LogP contribution in [0.2, 0.25) is 0 Å². The maximum Gasteiger partial charge on any atom is 0.149 e. The number of aromatic nitrogens is 1. The molecule has 0 amide bonds. The third-order valence-electron chi connectivity index (χ3n) is 3.40. The Kier molecular flexibility index (Phi) is 3.78. The van der Waals surface area contributed by atoms with Crippen molar-refractivity contribution in [1.82, 2.24) is 4.98 Å². The van der Waals surface area contributed by atoms with Crippen LogP contribution in [-0.2, 0) is 0 Å². The molecule has 0 radical (unpaired) electrons. The molecule has 0 aliphatic rings. The largest absolute Gasteiger partial charge is 0.497 e. The van der Waals surface area contributed by atoms with Crippen LogP contribution in [0.25, 0.3) is 10.9 Å². The zero-order chi connectivity index (χ0) is 15.5. The summed E-state index contributed by atoms with van der Waals surface area (Å²) in [6, 6.07) is 12.1. The second-order valence-electron chi connectivity index (χ2n) is 4.69. The van der Waals surface area contributed by atoms with Crippen molar-refractivity contribution in [3.63, 3.8) is 0 Å². The lowest BCUT2D eigenvalue weighted by molar-refractivity contribution is 0.395. The first-order chi connectivity index (χ1) is 10.7. The molecule has 0 spiro atoms. The van der Waals surface area contributed by atoms with E-state index in [4.69, 9.17) is 9.47 Å². The lowest BCUT2D eigenvalue weighted by Gasteiger charge is -2.14. The summed E-state index contributed by atoms with van der Waals surface area (Å²) >= 11 is 0. The minimum Gasteiger partial charge on any atom is -0.497 e. The Morgan fingerprint density at radius 2 is 1.86 bits per heavy atom. The number of hydrogen-bond acceptors (Lipinski definition) is 4. The van der Waals surface area contributed by atoms with Gasteiger partial charge in [0, 0.05) is 23.3 Å². The van der Waals surface area contributed by atoms with E-state index in [0.717, 1.165) is 11.4 Å². The number of pyridine rings is 1. The lowest BCUT2D eigenvalue weighted by Crippen LogP contribution is -1.97. The summed E-state index contributed by atoms with van der Waals surface area (Å²) in [7, 11) is 3.19. The number of fused-ring (bicyclic) bond motifs is 1. The zero-order valence-electron chi connectivity index (χ0n) is 12.3. The fraction of sp³-hybridized carbons (Fsp3) is 0.118. The van der Waals surface area contributed by atoms with Gasteiger partial charge in [-0.1, -0.05) is 12.1 Å². The van der Waals surface area contributed by atoms with Crippen LogP contribution in [0, 0.1) is 5.82 Å². The number of halogens is 1. The molecule has 0 atom stereocenters. The molecule has 0 bridgehead atoms. The predicted molar refractivity (Wildman–Crippen MR) is 84.5 cm³/mol. The number of benzene rings is 2. The van der Waals surface area contributed by atoms with E-state index in [1.54, 1.807) is 38.6 Å². The quantitative estimate of drug-likeness (QED) is 0.786. The lowest BCUT2D eigenvalue weighted by atomic mass is 10.1. The molecule has 2 aromatic carbocycles. The average molecular weight is 298 g/mol. The minimum atomic E-state index is -0.345. The van der Waals surface area contributed by atoms with Gasteiger partial charge in [0.2, 0.25) is 0 Å². The fourth-order valence-corrected chi connectivity index (χ4v) is 2.30. The Morgan fingerprint density at radius 1 is 1.00 bits per heavy atom. The van der Waals surface area contributed by atoms with Crippen molar-refractivity contribution in [2.75, 3.05) is 19.5 Å². The van der Waals surface area contributed by atoms with Crippen LogP contribution < -0.4 is 14.8 Å². The highest BCUT2D eigenvalue weighted by atomic mass is 19.1. The molecule has 0 fully saturated rings. The molecule has 1 heterocycles. The van der Waals surface area contributed by atoms with E-state index in [9.17, 15) is 4.39 Å². The molecular formula is C17H15FN2O2. The summed E-state index contributed by atoms with van der Waals surface area (Å²) in [5.74, 6) is 0.997. The van der Waals surface area contributed by atoms with Gasteiger partial charge in [0.25, 0.3) is 0 Å². The highest BCUT2D eigenvalue weighted by Gasteiger charge is 2.09. The molecule has 3 aromatic rings. The van der Waals surface area contributed by atoms with Crippen LogP contribution >= 0.6 is 0 Å². The molecule has 0 aliphatic carbocycles. The smallest absolute Gasteiger partial charge is 0.149 e. The van der Waals surface area contributed by atoms with E-state index >= 15 is 0 Å². The highest BCUT2D eigenvalue weighted by Crippen LogP contribution is 2.33. The standard InChI is InChI=1S/C17H15FN2O2/c1-21-11-6-7-15(16(10-11)22-2)20-14-8-9-19-17-12(14)4-3-5-13(17)18/h3-10H,1-2H3,(H,19,20). The van der Waals surface area contributed by atoms with Gasteiger partial charge in [-0.2, -0.15) is 0 Å². The van der Waals surface area contributed by atoms with Gasteiger partial charge in [0.05, 0.1) is 19.9 Å². The molecule has 3 rings (SSSR count). The topological polar surface area (TPSA) is 43.4 Å². The normalized spacial score (nSPS) is 10.5. The van der Waals surface area contributed by atoms with E-state index in [0.29, 0.717) is 22.4 Å². The molecule has 1 aromatic heterocycles. The van der Waals surface area contributed by atoms with E-state index in [1.165, 1.54) is 6.07 Å². The molecule has 0 aliphatic heterocycles. The Balaban J connectivity index is 2.05. The van der Waals surface area contributed by atoms with Gasteiger partial charge < -0.3 is 14.8 Å². The predicted octanol–water partition coefficient (Wildman–Crippen LogP) is 4.13. The fourth-order valence-electron chi connectivity index (χ4n) is 2.30. The first kappa shape index (κ1) is 14.1. The van der Waals surface area contributed by atoms with Gasteiger partial charge in [-0.15, -0.1) is 0 Å². The molecular weight excluding hydrogens is 283 g/mol. The first-order valence-electron chi connectivity index (χ1n) is 6.75. The molecule has 1 N–H and O–H groups in total. The summed E-state index contributed by atoms with van der Waals surface area (Å²) in [4.78, 5) is 4.09. The maximum atomic E-state index is 13.8. The second-order valence-corrected chi connectivity index (χ2v) is 4.69. The number of nitrogens with one attached hydrogen (secondary N) is 1. The van der Waals surface area contributed by atoms with Crippen molar-refractivity contribution in [3.8, 4) is 11.5 Å². The van der Waals surface area contributed by atoms with Crippen molar-refractivity contribution >= 4 is 22.3 Å². The van der Waals surface area contributed by atoms with Gasteiger partial charge in [-0.05, 0) is 24.3 Å². The van der Waals surface area contributed by atoms with Crippen molar-refractivity contribution in [3.05, 3.63) is 54.5 Å². The summed E-state index contributed by atoms with van der Waals surface area (Å²) < 4.78 is 24.4. The van der Waals surface area contributed by atoms with E-state index in [2.05, 4.69) is 10.3 Å². The molecule has 0 unspecified atom stereocenters. The third-order valence-corrected chi connectivity index (χ3v) is 3.40. The summed E-state index contributed by atoms with van der Waals surface area (Å²) in [6.07, 6.45) is 1.57. The van der Waals surface area contributed by atoms with Crippen molar-refractivity contribution in [1.29, 1.82) is 0 Å². The minimum absolute atomic E-state index is 0.333. The molecule has 22 heavy (non-hydrogen) atoms. The Hall–Kier alpha value is -2.82. The molecule has 5 heteroatoms. The van der Waals surface area contributed by atoms with Crippen molar-refractivity contribution in [2.24, 2.45) is 0 Å². The number of ether oxygens (including phenoxy) is 2. The van der Waals surface area contributed by atoms with Gasteiger partial charge in [-0.3, -0.25) is 4.98 Å². The van der Waals surface area contributed by atoms with Crippen molar-refractivity contribution < 1.29 is 13.9 Å². The Bertz CT molecular complexity index is 821. The summed E-state index contributed by atoms with van der Waals surface area (Å²) in [5.41, 5.74) is 1.85. The van der Waals surface area contributed by atoms with Crippen molar-refractivity contribution in [2.45, 2.75) is 0 Å². The van der Waals surface area contributed by atoms with Crippen LogP contribution in [0.5, 0.6) is 11.5 Å². The average Bonchev–Trinajstić information content (AvgIpc) is 2.56. The maximum absolute atomic E-state index is 13.8. The van der Waals surface area contributed by atoms with E-state index < -0.39 is 0 Å². The molecule has 0 saturated heterocycles. The Morgan fingerprint density at radius 3 is 2.64 bits per heavy atom. The van der Waals surface area contributed by atoms with E-state index in [1.807, 2.05) is 18.2 Å². The first-order valence-corrected chi connectivity index (χ1v) is 6.75. The van der Waals surface area contributed by atoms with Crippen LogP contribution in [-0.4, -0.2) is 19.2 Å². The van der Waals surface area contributed by atoms with Gasteiger partial charge >= 0.3 is 0 Å². The highest BCUT2D eigenvalue weighted by molar-refractivity contribution is 5.93. The molecule has 112 valence electrons. The number of para-hydroxylation sites is 1. The number of hydrogen-bond donors (Lipinski definition) is 1. The van der Waals surface area contributed by atoms with Gasteiger partial charge in [0.15, 0.2) is 0 Å². The van der Waals surface area contributed by atoms with Crippen LogP contribution in [0.4, 0.5) is 15.8 Å². The van der Waals surface area contributed by atoms with Gasteiger partial charge in [0.1, 0.15) is 22.8 Å². The monoisotopic (exact) mass is 298 g/mol. The van der Waals surface area contributed by atoms with Crippen LogP contribution in [0.15, 0.2) is 48.7 Å². The molecule has 4 nitrogen and oxygen atoms in total. The second kappa shape index (κ2) is 5.89.